The number of hydrogen-bond acceptors (Lipinski definition) is 4. The first-order valence-electron chi connectivity index (χ1n) is 8.52. The summed E-state index contributed by atoms with van der Waals surface area (Å²) in [6, 6.07) is 0. The lowest BCUT2D eigenvalue weighted by molar-refractivity contribution is 0.357. The van der Waals surface area contributed by atoms with Crippen LogP contribution in [0.1, 0.15) is 53.8 Å². The van der Waals surface area contributed by atoms with Crippen molar-refractivity contribution in [3.63, 3.8) is 0 Å². The first-order chi connectivity index (χ1) is 11.1. The molecule has 122 valence electrons. The fourth-order valence-electron chi connectivity index (χ4n) is 3.84. The summed E-state index contributed by atoms with van der Waals surface area (Å²) in [5, 5.41) is 5.63. The molecule has 0 saturated heterocycles. The largest absolute Gasteiger partial charge is 0.369 e. The zero-order valence-electron chi connectivity index (χ0n) is 13.7. The Kier molecular flexibility index (Phi) is 4.06. The van der Waals surface area contributed by atoms with E-state index in [4.69, 9.17) is 16.6 Å². The fourth-order valence-corrected chi connectivity index (χ4v) is 5.25. The molecule has 2 aliphatic rings. The van der Waals surface area contributed by atoms with Gasteiger partial charge in [-0.2, -0.15) is 0 Å². The summed E-state index contributed by atoms with van der Waals surface area (Å²) in [4.78, 5) is 11.8. The number of aromatic nitrogens is 1. The van der Waals surface area contributed by atoms with E-state index in [9.17, 15) is 0 Å². The molecule has 0 spiro atoms. The number of aliphatic imine (C=N–C) groups is 1. The van der Waals surface area contributed by atoms with Gasteiger partial charge in [-0.15, -0.1) is 11.3 Å². The topological polar surface area (TPSA) is 37.3 Å². The number of pyridine rings is 1. The first kappa shape index (κ1) is 15.4. The first-order valence-corrected chi connectivity index (χ1v) is 9.71. The summed E-state index contributed by atoms with van der Waals surface area (Å²) >= 11 is 8.16. The molecule has 5 heteroatoms. The molecule has 0 bridgehead atoms. The van der Waals surface area contributed by atoms with Gasteiger partial charge >= 0.3 is 0 Å². The number of rotatable bonds is 2. The number of hydrogen-bond donors (Lipinski definition) is 1. The van der Waals surface area contributed by atoms with Crippen molar-refractivity contribution in [1.29, 1.82) is 0 Å². The number of halogens is 1. The molecule has 2 aromatic rings. The van der Waals surface area contributed by atoms with Crippen LogP contribution in [-0.2, 0) is 6.54 Å². The number of fused-ring (bicyclic) bond motifs is 3. The normalized spacial score (nSPS) is 18.3. The molecule has 0 amide bonds. The summed E-state index contributed by atoms with van der Waals surface area (Å²) in [7, 11) is 0. The van der Waals surface area contributed by atoms with E-state index in [1.807, 2.05) is 6.92 Å². The Labute approximate surface area is 146 Å². The lowest BCUT2D eigenvalue weighted by Gasteiger charge is -2.22. The van der Waals surface area contributed by atoms with Gasteiger partial charge in [0.05, 0.1) is 22.1 Å². The standard InChI is InChI=1S/C18H22ClN3S/c1-10-14-13-9-21-17(20-8-12-6-4-3-5-7-12)16(13)23-18(14)22-11(2)15(10)19/h12H,3-9H2,1-2H3,(H,20,21). The SMILES string of the molecule is Cc1nc2sc3c(c2c(C)c1Cl)CN=C3NCC1CCCCC1. The van der Waals surface area contributed by atoms with Crippen LogP contribution in [0.5, 0.6) is 0 Å². The van der Waals surface area contributed by atoms with Crippen LogP contribution < -0.4 is 5.32 Å². The van der Waals surface area contributed by atoms with Crippen LogP contribution in [0.15, 0.2) is 4.99 Å². The molecule has 1 fully saturated rings. The Balaban J connectivity index is 1.60. The Hall–Kier alpha value is -1.13. The van der Waals surface area contributed by atoms with Crippen molar-refractivity contribution >= 4 is 39.0 Å². The molecule has 1 aliphatic carbocycles. The van der Waals surface area contributed by atoms with Crippen molar-refractivity contribution in [3.05, 3.63) is 26.7 Å². The summed E-state index contributed by atoms with van der Waals surface area (Å²) in [5.41, 5.74) is 3.38. The van der Waals surface area contributed by atoms with Gasteiger partial charge in [-0.3, -0.25) is 4.99 Å². The molecule has 0 unspecified atom stereocenters. The minimum absolute atomic E-state index is 0.754. The van der Waals surface area contributed by atoms with Crippen LogP contribution in [0.4, 0.5) is 0 Å². The van der Waals surface area contributed by atoms with E-state index in [1.165, 1.54) is 47.9 Å². The quantitative estimate of drug-likeness (QED) is 0.830. The highest BCUT2D eigenvalue weighted by molar-refractivity contribution is 7.20. The summed E-state index contributed by atoms with van der Waals surface area (Å²) in [6.07, 6.45) is 6.88. The summed E-state index contributed by atoms with van der Waals surface area (Å²) in [5.74, 6) is 1.88. The lowest BCUT2D eigenvalue weighted by atomic mass is 9.89. The van der Waals surface area contributed by atoms with Gasteiger partial charge in [0.1, 0.15) is 10.7 Å². The van der Waals surface area contributed by atoms with Crippen molar-refractivity contribution in [2.75, 3.05) is 6.54 Å². The van der Waals surface area contributed by atoms with Crippen molar-refractivity contribution in [3.8, 4) is 0 Å². The number of thiophene rings is 1. The van der Waals surface area contributed by atoms with Gasteiger partial charge in [-0.25, -0.2) is 4.98 Å². The third kappa shape index (κ3) is 2.66. The molecule has 2 aromatic heterocycles. The highest BCUT2D eigenvalue weighted by Crippen LogP contribution is 2.39. The molecule has 0 atom stereocenters. The highest BCUT2D eigenvalue weighted by Gasteiger charge is 2.25. The van der Waals surface area contributed by atoms with E-state index < -0.39 is 0 Å². The number of nitrogens with zero attached hydrogens (tertiary/aromatic N) is 2. The van der Waals surface area contributed by atoms with E-state index in [1.54, 1.807) is 11.3 Å². The van der Waals surface area contributed by atoms with E-state index in [2.05, 4.69) is 17.2 Å². The molecular weight excluding hydrogens is 326 g/mol. The predicted molar refractivity (Wildman–Crippen MR) is 98.9 cm³/mol. The molecule has 23 heavy (non-hydrogen) atoms. The molecular formula is C18H22ClN3S. The smallest absolute Gasteiger partial charge is 0.139 e. The Morgan fingerprint density at radius 2 is 2.00 bits per heavy atom. The maximum Gasteiger partial charge on any atom is 0.139 e. The van der Waals surface area contributed by atoms with Crippen molar-refractivity contribution in [2.45, 2.75) is 52.5 Å². The molecule has 1 N–H and O–H groups in total. The number of aryl methyl sites for hydroxylation is 2. The van der Waals surface area contributed by atoms with Gasteiger partial charge in [0.15, 0.2) is 0 Å². The van der Waals surface area contributed by atoms with E-state index in [0.717, 1.165) is 46.0 Å². The second-order valence-corrected chi connectivity index (χ2v) is 8.15. The summed E-state index contributed by atoms with van der Waals surface area (Å²) < 4.78 is 0. The number of amidine groups is 1. The average molecular weight is 348 g/mol. The fraction of sp³-hybridized carbons (Fsp3) is 0.556. The van der Waals surface area contributed by atoms with E-state index >= 15 is 0 Å². The molecule has 3 heterocycles. The maximum absolute atomic E-state index is 6.40. The third-order valence-corrected chi connectivity index (χ3v) is 6.86. The zero-order valence-corrected chi connectivity index (χ0v) is 15.3. The maximum atomic E-state index is 6.40. The molecule has 1 saturated carbocycles. The van der Waals surface area contributed by atoms with Gasteiger partial charge in [-0.05, 0) is 38.2 Å². The molecule has 0 radical (unpaired) electrons. The van der Waals surface area contributed by atoms with Gasteiger partial charge in [0.2, 0.25) is 0 Å². The van der Waals surface area contributed by atoms with Crippen molar-refractivity contribution in [2.24, 2.45) is 10.9 Å². The lowest BCUT2D eigenvalue weighted by Crippen LogP contribution is -2.29. The third-order valence-electron chi connectivity index (χ3n) is 5.17. The van der Waals surface area contributed by atoms with Crippen LogP contribution in [-0.4, -0.2) is 17.4 Å². The monoisotopic (exact) mass is 347 g/mol. The zero-order chi connectivity index (χ0) is 16.0. The van der Waals surface area contributed by atoms with E-state index in [-0.39, 0.29) is 0 Å². The second-order valence-electron chi connectivity index (χ2n) is 6.78. The molecule has 0 aromatic carbocycles. The van der Waals surface area contributed by atoms with Crippen LogP contribution in [0.3, 0.4) is 0 Å². The molecule has 4 rings (SSSR count). The molecule has 3 nitrogen and oxygen atoms in total. The molecule has 1 aliphatic heterocycles. The highest BCUT2D eigenvalue weighted by atomic mass is 35.5. The van der Waals surface area contributed by atoms with Gasteiger partial charge in [0, 0.05) is 17.5 Å². The average Bonchev–Trinajstić information content (AvgIpc) is 3.10. The van der Waals surface area contributed by atoms with Crippen LogP contribution in [0, 0.1) is 19.8 Å². The van der Waals surface area contributed by atoms with Crippen LogP contribution >= 0.6 is 22.9 Å². The predicted octanol–water partition coefficient (Wildman–Crippen LogP) is 5.00. The minimum atomic E-state index is 0.754. The van der Waals surface area contributed by atoms with Crippen LogP contribution in [0.2, 0.25) is 5.02 Å². The van der Waals surface area contributed by atoms with Crippen molar-refractivity contribution in [1.82, 2.24) is 10.3 Å². The second kappa shape index (κ2) is 6.06. The van der Waals surface area contributed by atoms with Gasteiger partial charge in [0.25, 0.3) is 0 Å². The summed E-state index contributed by atoms with van der Waals surface area (Å²) in [6.45, 7) is 5.89. The van der Waals surface area contributed by atoms with Gasteiger partial charge in [-0.1, -0.05) is 30.9 Å². The number of nitrogens with one attached hydrogen (secondary N) is 1. The minimum Gasteiger partial charge on any atom is -0.369 e. The Morgan fingerprint density at radius 3 is 2.78 bits per heavy atom. The van der Waals surface area contributed by atoms with Crippen LogP contribution in [0.25, 0.3) is 10.2 Å². The van der Waals surface area contributed by atoms with Crippen molar-refractivity contribution < 1.29 is 0 Å². The Bertz CT molecular complexity index is 787. The van der Waals surface area contributed by atoms with E-state index in [0.29, 0.717) is 0 Å². The Morgan fingerprint density at radius 1 is 1.22 bits per heavy atom. The van der Waals surface area contributed by atoms with Gasteiger partial charge < -0.3 is 5.32 Å².